The minimum atomic E-state index is -0.243. The normalized spacial score (nSPS) is 22.6. The first-order valence-corrected chi connectivity index (χ1v) is 6.49. The summed E-state index contributed by atoms with van der Waals surface area (Å²) in [6.45, 7) is 3.13. The zero-order valence-corrected chi connectivity index (χ0v) is 10.7. The number of imidazole rings is 2. The summed E-state index contributed by atoms with van der Waals surface area (Å²) in [5, 5.41) is 3.59. The highest BCUT2D eigenvalue weighted by atomic mass is 15.1. The molecule has 19 heavy (non-hydrogen) atoms. The third-order valence-corrected chi connectivity index (χ3v) is 4.04. The summed E-state index contributed by atoms with van der Waals surface area (Å²) in [6.07, 6.45) is 4.51. The van der Waals surface area contributed by atoms with E-state index in [2.05, 4.69) is 50.4 Å². The molecule has 0 saturated heterocycles. The number of H-pyrrole nitrogens is 2. The van der Waals surface area contributed by atoms with Crippen molar-refractivity contribution in [2.24, 2.45) is 0 Å². The lowest BCUT2D eigenvalue weighted by atomic mass is 9.84. The third-order valence-electron chi connectivity index (χ3n) is 4.04. The van der Waals surface area contributed by atoms with Crippen molar-refractivity contribution in [1.29, 1.82) is 0 Å². The van der Waals surface area contributed by atoms with Gasteiger partial charge in [-0.25, -0.2) is 9.97 Å². The van der Waals surface area contributed by atoms with Crippen molar-refractivity contribution in [1.82, 2.24) is 25.3 Å². The monoisotopic (exact) mass is 253 g/mol. The Morgan fingerprint density at radius 3 is 3.00 bits per heavy atom. The van der Waals surface area contributed by atoms with Crippen LogP contribution in [0.4, 0.5) is 0 Å². The molecule has 0 aliphatic carbocycles. The molecule has 0 amide bonds. The molecule has 0 bridgehead atoms. The third kappa shape index (κ3) is 1.45. The van der Waals surface area contributed by atoms with Gasteiger partial charge in [0.1, 0.15) is 0 Å². The molecule has 1 unspecified atom stereocenters. The smallest absolute Gasteiger partial charge is 0.0931 e. The van der Waals surface area contributed by atoms with Gasteiger partial charge in [0.25, 0.3) is 0 Å². The lowest BCUT2D eigenvalue weighted by Crippen LogP contribution is -2.46. The fraction of sp³-hybridized carbons (Fsp3) is 0.286. The predicted molar refractivity (Wildman–Crippen MR) is 72.8 cm³/mol. The minimum absolute atomic E-state index is 0.243. The molecule has 3 N–H and O–H groups in total. The van der Waals surface area contributed by atoms with Crippen LogP contribution in [-0.2, 0) is 12.0 Å². The molecule has 0 radical (unpaired) electrons. The van der Waals surface area contributed by atoms with Crippen LogP contribution in [0.5, 0.6) is 0 Å². The molecule has 2 aromatic heterocycles. The Balaban J connectivity index is 1.91. The van der Waals surface area contributed by atoms with Crippen LogP contribution >= 0.6 is 0 Å². The van der Waals surface area contributed by atoms with Gasteiger partial charge in [-0.1, -0.05) is 6.07 Å². The maximum atomic E-state index is 4.51. The Morgan fingerprint density at radius 1 is 1.16 bits per heavy atom. The largest absolute Gasteiger partial charge is 0.348 e. The lowest BCUT2D eigenvalue weighted by molar-refractivity contribution is 0.404. The molecule has 0 spiro atoms. The maximum Gasteiger partial charge on any atom is 0.0931 e. The molecular weight excluding hydrogens is 238 g/mol. The van der Waals surface area contributed by atoms with Gasteiger partial charge in [0, 0.05) is 18.7 Å². The fourth-order valence-corrected chi connectivity index (χ4v) is 2.95. The summed E-state index contributed by atoms with van der Waals surface area (Å²) >= 11 is 0. The number of aromatic amines is 2. The molecule has 1 aromatic carbocycles. The quantitative estimate of drug-likeness (QED) is 0.618. The van der Waals surface area contributed by atoms with Gasteiger partial charge in [0.05, 0.1) is 34.9 Å². The summed E-state index contributed by atoms with van der Waals surface area (Å²) in [6, 6.07) is 6.33. The number of fused-ring (bicyclic) bond motifs is 2. The molecule has 0 fully saturated rings. The van der Waals surface area contributed by atoms with E-state index in [-0.39, 0.29) is 5.54 Å². The van der Waals surface area contributed by atoms with Crippen molar-refractivity contribution < 1.29 is 0 Å². The van der Waals surface area contributed by atoms with E-state index >= 15 is 0 Å². The van der Waals surface area contributed by atoms with Crippen molar-refractivity contribution >= 4 is 11.0 Å². The summed E-state index contributed by atoms with van der Waals surface area (Å²) in [7, 11) is 0. The van der Waals surface area contributed by atoms with Crippen LogP contribution in [0.25, 0.3) is 11.0 Å². The van der Waals surface area contributed by atoms with E-state index in [1.54, 1.807) is 12.7 Å². The van der Waals surface area contributed by atoms with Gasteiger partial charge in [-0.3, -0.25) is 0 Å². The summed E-state index contributed by atoms with van der Waals surface area (Å²) in [4.78, 5) is 15.2. The number of hydrogen-bond acceptors (Lipinski definition) is 3. The predicted octanol–water partition coefficient (Wildman–Crippen LogP) is 1.70. The van der Waals surface area contributed by atoms with Crippen LogP contribution in [0, 0.1) is 0 Å². The van der Waals surface area contributed by atoms with Gasteiger partial charge in [0.15, 0.2) is 0 Å². The van der Waals surface area contributed by atoms with Crippen LogP contribution in [0.2, 0.25) is 0 Å². The maximum absolute atomic E-state index is 4.51. The van der Waals surface area contributed by atoms with Crippen LogP contribution in [0.15, 0.2) is 30.9 Å². The van der Waals surface area contributed by atoms with Crippen LogP contribution in [0.3, 0.4) is 0 Å². The first-order chi connectivity index (χ1) is 9.27. The van der Waals surface area contributed by atoms with Gasteiger partial charge >= 0.3 is 0 Å². The summed E-state index contributed by atoms with van der Waals surface area (Å²) in [5.41, 5.74) is 5.34. The molecule has 3 heterocycles. The van der Waals surface area contributed by atoms with Gasteiger partial charge in [0.2, 0.25) is 0 Å². The zero-order valence-electron chi connectivity index (χ0n) is 10.7. The Labute approximate surface area is 110 Å². The number of nitrogens with zero attached hydrogens (tertiary/aromatic N) is 2. The van der Waals surface area contributed by atoms with E-state index in [0.717, 1.165) is 29.7 Å². The first-order valence-electron chi connectivity index (χ1n) is 6.49. The number of nitrogens with one attached hydrogen (secondary N) is 3. The first kappa shape index (κ1) is 10.8. The van der Waals surface area contributed by atoms with Gasteiger partial charge in [-0.15, -0.1) is 0 Å². The SMILES string of the molecule is CC1(c2ccc3nc[nH]c3c2)NCCc2[nH]cnc21. The van der Waals surface area contributed by atoms with E-state index in [0.29, 0.717) is 0 Å². The van der Waals surface area contributed by atoms with Crippen LogP contribution in [0.1, 0.15) is 23.9 Å². The second-order valence-electron chi connectivity index (χ2n) is 5.17. The van der Waals surface area contributed by atoms with E-state index in [9.17, 15) is 0 Å². The van der Waals surface area contributed by atoms with E-state index < -0.39 is 0 Å². The number of aromatic nitrogens is 4. The van der Waals surface area contributed by atoms with Gasteiger partial charge < -0.3 is 15.3 Å². The average molecular weight is 253 g/mol. The molecule has 96 valence electrons. The van der Waals surface area contributed by atoms with E-state index in [4.69, 9.17) is 0 Å². The zero-order chi connectivity index (χ0) is 12.9. The topological polar surface area (TPSA) is 69.4 Å². The van der Waals surface area contributed by atoms with Crippen LogP contribution in [-0.4, -0.2) is 26.5 Å². The fourth-order valence-electron chi connectivity index (χ4n) is 2.95. The Kier molecular flexibility index (Phi) is 2.08. The second kappa shape index (κ2) is 3.68. The van der Waals surface area contributed by atoms with Gasteiger partial charge in [-0.05, 0) is 24.6 Å². The standard InChI is InChI=1S/C14H15N5/c1-14(13-11(4-5-19-14)16-8-18-13)9-2-3-10-12(6-9)17-7-15-10/h2-3,6-8,19H,4-5H2,1H3,(H,15,17)(H,16,18). The number of rotatable bonds is 1. The van der Waals surface area contributed by atoms with Crippen molar-refractivity contribution in [2.75, 3.05) is 6.54 Å². The minimum Gasteiger partial charge on any atom is -0.348 e. The highest BCUT2D eigenvalue weighted by molar-refractivity contribution is 5.75. The Bertz CT molecular complexity index is 741. The molecular formula is C14H15N5. The van der Waals surface area contributed by atoms with Crippen LogP contribution < -0.4 is 5.32 Å². The molecule has 1 aliphatic heterocycles. The van der Waals surface area contributed by atoms with E-state index in [1.807, 2.05) is 0 Å². The second-order valence-corrected chi connectivity index (χ2v) is 5.17. The Morgan fingerprint density at radius 2 is 2.05 bits per heavy atom. The molecule has 1 aliphatic rings. The molecule has 1 atom stereocenters. The summed E-state index contributed by atoms with van der Waals surface area (Å²) < 4.78 is 0. The highest BCUT2D eigenvalue weighted by Gasteiger charge is 2.35. The lowest BCUT2D eigenvalue weighted by Gasteiger charge is -2.34. The molecule has 5 nitrogen and oxygen atoms in total. The van der Waals surface area contributed by atoms with Crippen molar-refractivity contribution in [3.63, 3.8) is 0 Å². The van der Waals surface area contributed by atoms with Crippen molar-refractivity contribution in [3.05, 3.63) is 47.8 Å². The highest BCUT2D eigenvalue weighted by Crippen LogP contribution is 2.33. The number of hydrogen-bond donors (Lipinski definition) is 3. The Hall–Kier alpha value is -2.14. The molecule has 4 rings (SSSR count). The number of benzene rings is 1. The molecule has 3 aromatic rings. The average Bonchev–Trinajstić information content (AvgIpc) is 3.07. The van der Waals surface area contributed by atoms with E-state index in [1.165, 1.54) is 11.3 Å². The van der Waals surface area contributed by atoms with Crippen molar-refractivity contribution in [3.8, 4) is 0 Å². The summed E-state index contributed by atoms with van der Waals surface area (Å²) in [5.74, 6) is 0. The molecule has 5 heteroatoms. The molecule has 0 saturated carbocycles. The van der Waals surface area contributed by atoms with Gasteiger partial charge in [-0.2, -0.15) is 0 Å². The van der Waals surface area contributed by atoms with Crippen molar-refractivity contribution in [2.45, 2.75) is 18.9 Å².